The lowest BCUT2D eigenvalue weighted by Gasteiger charge is -2.13. The average Bonchev–Trinajstić information content (AvgIpc) is 2.84. The van der Waals surface area contributed by atoms with Crippen molar-refractivity contribution in [3.05, 3.63) is 106 Å². The summed E-state index contributed by atoms with van der Waals surface area (Å²) in [6, 6.07) is 24.2. The molecule has 0 aliphatic rings. The zero-order valence-corrected chi connectivity index (χ0v) is 17.1. The van der Waals surface area contributed by atoms with Gasteiger partial charge in [-0.25, -0.2) is 14.7 Å². The summed E-state index contributed by atoms with van der Waals surface area (Å²) in [6.45, 7) is 0. The number of methoxy groups -OCH3 is 1. The second kappa shape index (κ2) is 9.09. The molecule has 7 nitrogen and oxygen atoms in total. The second-order valence-electron chi connectivity index (χ2n) is 6.79. The van der Waals surface area contributed by atoms with E-state index >= 15 is 0 Å². The summed E-state index contributed by atoms with van der Waals surface area (Å²) < 4.78 is 10.1. The fourth-order valence-electron chi connectivity index (χ4n) is 3.27. The normalized spacial score (nSPS) is 10.4. The van der Waals surface area contributed by atoms with Gasteiger partial charge in [0.1, 0.15) is 11.3 Å². The zero-order chi connectivity index (χ0) is 22.5. The molecule has 0 aliphatic carbocycles. The van der Waals surface area contributed by atoms with E-state index in [4.69, 9.17) is 4.74 Å². The van der Waals surface area contributed by atoms with Gasteiger partial charge in [-0.05, 0) is 29.8 Å². The number of aromatic amines is 1. The topological polar surface area (TPSA) is 98.3 Å². The molecule has 0 aliphatic heterocycles. The van der Waals surface area contributed by atoms with Crippen LogP contribution in [0, 0.1) is 0 Å². The third-order valence-corrected chi connectivity index (χ3v) is 4.78. The molecule has 1 N–H and O–H groups in total. The lowest BCUT2D eigenvalue weighted by atomic mass is 9.95. The number of carbonyl (C=O) groups is 2. The molecule has 7 heteroatoms. The number of H-pyrrole nitrogens is 1. The highest BCUT2D eigenvalue weighted by Crippen LogP contribution is 2.32. The van der Waals surface area contributed by atoms with Crippen LogP contribution >= 0.6 is 0 Å². The van der Waals surface area contributed by atoms with Crippen LogP contribution in [0.15, 0.2) is 89.7 Å². The SMILES string of the molecule is COC(=O)c1ccc(OC(=O)c2c(-c3ccccc3)c(-c3ccccc3)n[nH]c2=O)cc1. The van der Waals surface area contributed by atoms with Gasteiger partial charge in [0.05, 0.1) is 18.4 Å². The minimum absolute atomic E-state index is 0.165. The number of aromatic nitrogens is 2. The van der Waals surface area contributed by atoms with Gasteiger partial charge in [-0.2, -0.15) is 5.10 Å². The van der Waals surface area contributed by atoms with Crippen molar-refractivity contribution in [3.8, 4) is 28.1 Å². The summed E-state index contributed by atoms with van der Waals surface area (Å²) in [4.78, 5) is 37.5. The van der Waals surface area contributed by atoms with Gasteiger partial charge in [-0.1, -0.05) is 60.7 Å². The van der Waals surface area contributed by atoms with Gasteiger partial charge in [0.25, 0.3) is 5.56 Å². The quantitative estimate of drug-likeness (QED) is 0.381. The number of rotatable bonds is 5. The average molecular weight is 426 g/mol. The zero-order valence-electron chi connectivity index (χ0n) is 17.1. The van der Waals surface area contributed by atoms with Gasteiger partial charge < -0.3 is 9.47 Å². The molecular weight excluding hydrogens is 408 g/mol. The molecule has 0 saturated carbocycles. The van der Waals surface area contributed by atoms with Crippen LogP contribution in [-0.2, 0) is 4.74 Å². The highest BCUT2D eigenvalue weighted by Gasteiger charge is 2.24. The summed E-state index contributed by atoms with van der Waals surface area (Å²) in [5.74, 6) is -1.16. The van der Waals surface area contributed by atoms with Gasteiger partial charge in [-0.3, -0.25) is 4.79 Å². The van der Waals surface area contributed by atoms with Crippen LogP contribution in [0.3, 0.4) is 0 Å². The number of hydrogen-bond donors (Lipinski definition) is 1. The second-order valence-corrected chi connectivity index (χ2v) is 6.79. The van der Waals surface area contributed by atoms with Crippen LogP contribution in [-0.4, -0.2) is 29.2 Å². The van der Waals surface area contributed by atoms with E-state index in [0.29, 0.717) is 22.4 Å². The van der Waals surface area contributed by atoms with Crippen molar-refractivity contribution in [1.29, 1.82) is 0 Å². The van der Waals surface area contributed by atoms with E-state index in [1.807, 2.05) is 48.5 Å². The van der Waals surface area contributed by atoms with Crippen molar-refractivity contribution < 1.29 is 19.1 Å². The first kappa shape index (κ1) is 20.7. The smallest absolute Gasteiger partial charge is 0.349 e. The molecule has 4 rings (SSSR count). The van der Waals surface area contributed by atoms with E-state index in [1.54, 1.807) is 12.1 Å². The standard InChI is InChI=1S/C25H18N2O5/c1-31-24(29)18-12-14-19(15-13-18)32-25(30)21-20(16-8-4-2-5-9-16)22(26-27-23(21)28)17-10-6-3-7-11-17/h2-15H,1H3,(H,27,28). The highest BCUT2D eigenvalue weighted by molar-refractivity contribution is 6.01. The maximum atomic E-state index is 13.1. The first-order valence-corrected chi connectivity index (χ1v) is 9.72. The lowest BCUT2D eigenvalue weighted by Crippen LogP contribution is -2.25. The molecule has 3 aromatic carbocycles. The lowest BCUT2D eigenvalue weighted by molar-refractivity contribution is 0.0600. The molecule has 0 atom stereocenters. The Morgan fingerprint density at radius 1 is 0.781 bits per heavy atom. The molecule has 0 radical (unpaired) electrons. The molecule has 0 spiro atoms. The Bertz CT molecular complexity index is 1310. The first-order chi connectivity index (χ1) is 15.6. The number of esters is 2. The maximum Gasteiger partial charge on any atom is 0.349 e. The van der Waals surface area contributed by atoms with Crippen molar-refractivity contribution in [3.63, 3.8) is 0 Å². The Kier molecular flexibility index (Phi) is 5.89. The van der Waals surface area contributed by atoms with Crippen molar-refractivity contribution >= 4 is 11.9 Å². The summed E-state index contributed by atoms with van der Waals surface area (Å²) in [5.41, 5.74) is 1.69. The van der Waals surface area contributed by atoms with Crippen molar-refractivity contribution in [2.24, 2.45) is 0 Å². The van der Waals surface area contributed by atoms with E-state index in [0.717, 1.165) is 5.56 Å². The summed E-state index contributed by atoms with van der Waals surface area (Å²) in [6.07, 6.45) is 0. The van der Waals surface area contributed by atoms with Crippen molar-refractivity contribution in [1.82, 2.24) is 10.2 Å². The predicted octanol–water partition coefficient (Wildman–Crippen LogP) is 4.11. The predicted molar refractivity (Wildman–Crippen MR) is 118 cm³/mol. The minimum Gasteiger partial charge on any atom is -0.465 e. The number of carbonyl (C=O) groups excluding carboxylic acids is 2. The van der Waals surface area contributed by atoms with Gasteiger partial charge in [-0.15, -0.1) is 0 Å². The van der Waals surface area contributed by atoms with Gasteiger partial charge >= 0.3 is 11.9 Å². The Hall–Kier alpha value is -4.52. The molecule has 1 heterocycles. The first-order valence-electron chi connectivity index (χ1n) is 9.72. The fourth-order valence-corrected chi connectivity index (χ4v) is 3.27. The summed E-state index contributed by atoms with van der Waals surface area (Å²) >= 11 is 0. The van der Waals surface area contributed by atoms with Crippen LogP contribution in [0.1, 0.15) is 20.7 Å². The molecule has 0 fully saturated rings. The maximum absolute atomic E-state index is 13.1. The minimum atomic E-state index is -0.837. The summed E-state index contributed by atoms with van der Waals surface area (Å²) in [5, 5.41) is 6.63. The molecule has 0 amide bonds. The van der Waals surface area contributed by atoms with Crippen molar-refractivity contribution in [2.45, 2.75) is 0 Å². The van der Waals surface area contributed by atoms with Gasteiger partial charge in [0, 0.05) is 11.1 Å². The number of nitrogens with one attached hydrogen (secondary N) is 1. The Balaban J connectivity index is 1.80. The van der Waals surface area contributed by atoms with Crippen LogP contribution < -0.4 is 10.3 Å². The third kappa shape index (κ3) is 4.17. The van der Waals surface area contributed by atoms with Crippen LogP contribution in [0.2, 0.25) is 0 Å². The number of nitrogens with zero attached hydrogens (tertiary/aromatic N) is 1. The van der Waals surface area contributed by atoms with Gasteiger partial charge in [0.2, 0.25) is 0 Å². The van der Waals surface area contributed by atoms with E-state index < -0.39 is 17.5 Å². The Morgan fingerprint density at radius 3 is 1.97 bits per heavy atom. The molecular formula is C25H18N2O5. The molecule has 0 saturated heterocycles. The number of hydrogen-bond acceptors (Lipinski definition) is 6. The highest BCUT2D eigenvalue weighted by atomic mass is 16.5. The molecule has 4 aromatic rings. The third-order valence-electron chi connectivity index (χ3n) is 4.78. The van der Waals surface area contributed by atoms with E-state index in [9.17, 15) is 14.4 Å². The monoisotopic (exact) mass is 426 g/mol. The summed E-state index contributed by atoms with van der Waals surface area (Å²) in [7, 11) is 1.28. The molecule has 1 aromatic heterocycles. The van der Waals surface area contributed by atoms with Crippen LogP contribution in [0.4, 0.5) is 0 Å². The fraction of sp³-hybridized carbons (Fsp3) is 0.0400. The molecule has 32 heavy (non-hydrogen) atoms. The molecule has 0 bridgehead atoms. The molecule has 158 valence electrons. The number of ether oxygens (including phenoxy) is 2. The molecule has 0 unspecified atom stereocenters. The van der Waals surface area contributed by atoms with Gasteiger partial charge in [0.15, 0.2) is 0 Å². The Labute approximate surface area is 183 Å². The number of benzene rings is 3. The Morgan fingerprint density at radius 2 is 1.38 bits per heavy atom. The largest absolute Gasteiger partial charge is 0.465 e. The van der Waals surface area contributed by atoms with E-state index in [-0.39, 0.29) is 11.3 Å². The van der Waals surface area contributed by atoms with E-state index in [2.05, 4.69) is 14.9 Å². The van der Waals surface area contributed by atoms with Crippen molar-refractivity contribution in [2.75, 3.05) is 7.11 Å². The van der Waals surface area contributed by atoms with Crippen LogP contribution in [0.5, 0.6) is 5.75 Å². The van der Waals surface area contributed by atoms with E-state index in [1.165, 1.54) is 31.4 Å². The van der Waals surface area contributed by atoms with Crippen LogP contribution in [0.25, 0.3) is 22.4 Å².